The van der Waals surface area contributed by atoms with E-state index in [1.54, 1.807) is 0 Å². The van der Waals surface area contributed by atoms with Gasteiger partial charge in [0.1, 0.15) is 0 Å². The highest BCUT2D eigenvalue weighted by molar-refractivity contribution is 7.38. The molecule has 0 aromatic rings. The summed E-state index contributed by atoms with van der Waals surface area (Å²) in [5, 5.41) is 0. The minimum absolute atomic E-state index is 0.0289. The van der Waals surface area contributed by atoms with E-state index in [0.717, 1.165) is 24.9 Å². The third-order valence-electron chi connectivity index (χ3n) is 2.89. The van der Waals surface area contributed by atoms with E-state index in [1.807, 2.05) is 0 Å². The molecule has 3 unspecified atom stereocenters. The fraction of sp³-hybridized carbons (Fsp3) is 1.00. The molecule has 0 radical (unpaired) electrons. The summed E-state index contributed by atoms with van der Waals surface area (Å²) in [5.41, 5.74) is 0. The van der Waals surface area contributed by atoms with Crippen LogP contribution in [-0.4, -0.2) is 18.7 Å². The minimum atomic E-state index is -0.575. The van der Waals surface area contributed by atoms with Gasteiger partial charge in [-0.3, -0.25) is 4.39 Å². The molecule has 0 aromatic heterocycles. The van der Waals surface area contributed by atoms with Crippen molar-refractivity contribution in [3.63, 3.8) is 0 Å². The number of unbranched alkanes of at least 4 members (excludes halogenated alkanes) is 2. The maximum Gasteiger partial charge on any atom is 0.200 e. The van der Waals surface area contributed by atoms with Gasteiger partial charge in [-0.1, -0.05) is 26.7 Å². The van der Waals surface area contributed by atoms with E-state index >= 15 is 0 Å². The first-order valence-corrected chi connectivity index (χ1v) is 7.72. The van der Waals surface area contributed by atoms with Gasteiger partial charge >= 0.3 is 0 Å². The van der Waals surface area contributed by atoms with Gasteiger partial charge in [0.25, 0.3) is 0 Å². The largest absolute Gasteiger partial charge is 0.251 e. The molecule has 0 aromatic carbocycles. The molecule has 0 aliphatic carbocycles. The molecule has 0 N–H and O–H groups in total. The van der Waals surface area contributed by atoms with Crippen LogP contribution in [0, 0.1) is 5.92 Å². The van der Waals surface area contributed by atoms with Crippen LogP contribution in [0.2, 0.25) is 0 Å². The van der Waals surface area contributed by atoms with Gasteiger partial charge in [-0.15, -0.1) is 0 Å². The summed E-state index contributed by atoms with van der Waals surface area (Å²) in [6.45, 7) is 4.16. The lowest BCUT2D eigenvalue weighted by Gasteiger charge is -2.06. The summed E-state index contributed by atoms with van der Waals surface area (Å²) in [5.74, 6) is 0.171. The van der Waals surface area contributed by atoms with Crippen LogP contribution >= 0.6 is 8.58 Å². The van der Waals surface area contributed by atoms with Crippen molar-refractivity contribution in [2.45, 2.75) is 58.3 Å². The van der Waals surface area contributed by atoms with Crippen molar-refractivity contribution in [1.29, 1.82) is 0 Å². The highest BCUT2D eigenvalue weighted by atomic mass is 31.1. The van der Waals surface area contributed by atoms with Gasteiger partial charge in [-0.05, 0) is 25.2 Å². The maximum absolute atomic E-state index is 13.3. The van der Waals surface area contributed by atoms with E-state index in [4.69, 9.17) is 0 Å². The highest BCUT2D eigenvalue weighted by Gasteiger charge is 2.12. The summed E-state index contributed by atoms with van der Waals surface area (Å²) in [6.07, 6.45) is 6.44. The molecule has 0 spiro atoms. The summed E-state index contributed by atoms with van der Waals surface area (Å²) < 4.78 is 25.1. The molecule has 92 valence electrons. The zero-order valence-electron chi connectivity index (χ0n) is 10.1. The van der Waals surface area contributed by atoms with Gasteiger partial charge in [0.15, 0.2) is 5.91 Å². The zero-order valence-corrected chi connectivity index (χ0v) is 11.3. The van der Waals surface area contributed by atoms with E-state index in [2.05, 4.69) is 13.8 Å². The van der Waals surface area contributed by atoms with Crippen LogP contribution in [0.15, 0.2) is 0 Å². The standard InChI is InChI=1S/C12H25F2P/c1-3-11(2)8-10-15-12(14)7-5-4-6-9-13/h11-12,15H,3-10H2,1-2H3/p+1. The fourth-order valence-electron chi connectivity index (χ4n) is 1.49. The maximum atomic E-state index is 13.3. The molecule has 3 atom stereocenters. The van der Waals surface area contributed by atoms with Crippen molar-refractivity contribution >= 4 is 8.58 Å². The molecule has 0 saturated carbocycles. The van der Waals surface area contributed by atoms with Crippen LogP contribution in [0.1, 0.15) is 52.4 Å². The van der Waals surface area contributed by atoms with Crippen LogP contribution in [0.5, 0.6) is 0 Å². The molecular weight excluding hydrogens is 213 g/mol. The lowest BCUT2D eigenvalue weighted by atomic mass is 10.1. The van der Waals surface area contributed by atoms with Crippen LogP contribution in [0.25, 0.3) is 0 Å². The third kappa shape index (κ3) is 10.6. The second-order valence-electron chi connectivity index (χ2n) is 4.38. The molecule has 0 fully saturated rings. The van der Waals surface area contributed by atoms with Gasteiger partial charge in [0, 0.05) is 15.0 Å². The number of rotatable bonds is 10. The Morgan fingerprint density at radius 3 is 2.47 bits per heavy atom. The summed E-state index contributed by atoms with van der Waals surface area (Å²) in [6, 6.07) is 0. The number of hydrogen-bond donors (Lipinski definition) is 0. The van der Waals surface area contributed by atoms with Crippen molar-refractivity contribution in [2.75, 3.05) is 12.8 Å². The van der Waals surface area contributed by atoms with Crippen LogP contribution < -0.4 is 0 Å². The summed E-state index contributed by atoms with van der Waals surface area (Å²) in [4.78, 5) is 0. The molecule has 0 aliphatic heterocycles. The Hall–Kier alpha value is 0.290. The lowest BCUT2D eigenvalue weighted by molar-refractivity contribution is 0.395. The normalized spacial score (nSPS) is 16.0. The molecule has 0 saturated heterocycles. The van der Waals surface area contributed by atoms with Gasteiger partial charge in [-0.25, -0.2) is 4.39 Å². The molecule has 0 heterocycles. The van der Waals surface area contributed by atoms with Gasteiger partial charge < -0.3 is 0 Å². The topological polar surface area (TPSA) is 0 Å². The average Bonchev–Trinajstić information content (AvgIpc) is 2.24. The van der Waals surface area contributed by atoms with E-state index in [1.165, 1.54) is 12.8 Å². The highest BCUT2D eigenvalue weighted by Crippen LogP contribution is 2.27. The predicted octanol–water partition coefficient (Wildman–Crippen LogP) is 4.66. The van der Waals surface area contributed by atoms with Crippen LogP contribution in [0.4, 0.5) is 8.78 Å². The minimum Gasteiger partial charge on any atom is -0.251 e. The molecule has 0 nitrogen and oxygen atoms in total. The monoisotopic (exact) mass is 239 g/mol. The Kier molecular flexibility index (Phi) is 11.0. The van der Waals surface area contributed by atoms with Gasteiger partial charge in [0.05, 0.1) is 12.8 Å². The Morgan fingerprint density at radius 2 is 1.87 bits per heavy atom. The first kappa shape index (κ1) is 15.3. The molecule has 0 aliphatic rings. The quantitative estimate of drug-likeness (QED) is 0.384. The van der Waals surface area contributed by atoms with E-state index in [0.29, 0.717) is 12.8 Å². The van der Waals surface area contributed by atoms with Gasteiger partial charge in [-0.2, -0.15) is 0 Å². The molecular formula is C12H26F2P+. The number of alkyl halides is 2. The summed E-state index contributed by atoms with van der Waals surface area (Å²) in [7, 11) is -0.0289. The average molecular weight is 239 g/mol. The predicted molar refractivity (Wildman–Crippen MR) is 68.0 cm³/mol. The van der Waals surface area contributed by atoms with Crippen LogP contribution in [-0.2, 0) is 0 Å². The molecule has 15 heavy (non-hydrogen) atoms. The van der Waals surface area contributed by atoms with Crippen molar-refractivity contribution in [3.8, 4) is 0 Å². The van der Waals surface area contributed by atoms with Crippen LogP contribution in [0.3, 0.4) is 0 Å². The molecule has 0 rings (SSSR count). The Morgan fingerprint density at radius 1 is 1.13 bits per heavy atom. The Labute approximate surface area is 95.0 Å². The number of halogens is 2. The van der Waals surface area contributed by atoms with E-state index < -0.39 is 5.91 Å². The first-order valence-electron chi connectivity index (χ1n) is 6.24. The SMILES string of the molecule is CCC(C)CC[PH2+]C(F)CCCCCF. The molecule has 3 heteroatoms. The smallest absolute Gasteiger partial charge is 0.200 e. The summed E-state index contributed by atoms with van der Waals surface area (Å²) >= 11 is 0. The second kappa shape index (κ2) is 10.8. The van der Waals surface area contributed by atoms with Crippen molar-refractivity contribution in [2.24, 2.45) is 5.92 Å². The van der Waals surface area contributed by atoms with Crippen molar-refractivity contribution in [1.82, 2.24) is 0 Å². The van der Waals surface area contributed by atoms with Gasteiger partial charge in [0.2, 0.25) is 0 Å². The Balaban J connectivity index is 3.21. The fourth-order valence-corrected chi connectivity index (χ4v) is 3.09. The Bertz CT molecular complexity index is 131. The number of hydrogen-bond acceptors (Lipinski definition) is 0. The second-order valence-corrected chi connectivity index (χ2v) is 6.15. The van der Waals surface area contributed by atoms with Crippen molar-refractivity contribution < 1.29 is 8.78 Å². The van der Waals surface area contributed by atoms with E-state index in [-0.39, 0.29) is 15.3 Å². The molecule has 0 bridgehead atoms. The molecule has 0 amide bonds. The first-order chi connectivity index (χ1) is 7.20. The van der Waals surface area contributed by atoms with E-state index in [9.17, 15) is 8.78 Å². The van der Waals surface area contributed by atoms with Crippen molar-refractivity contribution in [3.05, 3.63) is 0 Å². The lowest BCUT2D eigenvalue weighted by Crippen LogP contribution is -1.98. The zero-order chi connectivity index (χ0) is 11.5. The third-order valence-corrected chi connectivity index (χ3v) is 4.40.